The Hall–Kier alpha value is -1.10. The van der Waals surface area contributed by atoms with Gasteiger partial charge in [-0.15, -0.1) is 11.3 Å². The molecule has 2 N–H and O–H groups in total. The smallest absolute Gasteiger partial charge is 0.303 e. The summed E-state index contributed by atoms with van der Waals surface area (Å²) in [5.41, 5.74) is 0.881. The molecule has 2 atom stereocenters. The Balaban J connectivity index is 1.67. The highest BCUT2D eigenvalue weighted by Crippen LogP contribution is 2.30. The van der Waals surface area contributed by atoms with Gasteiger partial charge in [0.05, 0.1) is 12.1 Å². The largest absolute Gasteiger partial charge is 0.481 e. The number of hydrogen-bond donors (Lipinski definition) is 2. The van der Waals surface area contributed by atoms with Crippen LogP contribution in [0.3, 0.4) is 0 Å². The molecule has 4 nitrogen and oxygen atoms in total. The summed E-state index contributed by atoms with van der Waals surface area (Å²) in [6.07, 6.45) is 7.40. The molecule has 0 radical (unpaired) electrons. The number of anilines is 1. The summed E-state index contributed by atoms with van der Waals surface area (Å²) in [6, 6.07) is 0. The minimum atomic E-state index is -0.765. The molecular formula is C15H24N2O2S. The minimum Gasteiger partial charge on any atom is -0.481 e. The van der Waals surface area contributed by atoms with Crippen molar-refractivity contribution in [2.75, 3.05) is 11.9 Å². The van der Waals surface area contributed by atoms with E-state index < -0.39 is 5.97 Å². The maximum absolute atomic E-state index is 10.5. The summed E-state index contributed by atoms with van der Waals surface area (Å²) >= 11 is 1.57. The number of carbonyl (C=O) groups is 1. The lowest BCUT2D eigenvalue weighted by Crippen LogP contribution is -2.16. The number of thiazole rings is 1. The summed E-state index contributed by atoms with van der Waals surface area (Å²) in [4.78, 5) is 14.9. The van der Waals surface area contributed by atoms with Crippen LogP contribution in [0.15, 0.2) is 5.38 Å². The van der Waals surface area contributed by atoms with Gasteiger partial charge < -0.3 is 10.4 Å². The summed E-state index contributed by atoms with van der Waals surface area (Å²) in [5, 5.41) is 14.9. The van der Waals surface area contributed by atoms with Crippen molar-refractivity contribution < 1.29 is 9.90 Å². The molecule has 1 aromatic heterocycles. The summed E-state index contributed by atoms with van der Waals surface area (Å²) in [6.45, 7) is 3.33. The van der Waals surface area contributed by atoms with Crippen LogP contribution >= 0.6 is 11.3 Å². The zero-order valence-electron chi connectivity index (χ0n) is 12.1. The van der Waals surface area contributed by atoms with E-state index in [0.717, 1.165) is 29.2 Å². The van der Waals surface area contributed by atoms with Gasteiger partial charge in [0.1, 0.15) is 0 Å². The standard InChI is InChI=1S/C15H24N2O2S/c1-11-3-2-4-12(9-11)7-8-16-15-17-13(10-20-15)5-6-14(18)19/h10-12H,2-9H2,1H3,(H,16,17)(H,18,19). The van der Waals surface area contributed by atoms with E-state index in [1.54, 1.807) is 11.3 Å². The second-order valence-electron chi connectivity index (χ2n) is 5.89. The average molecular weight is 296 g/mol. The fourth-order valence-corrected chi connectivity index (χ4v) is 3.72. The Morgan fingerprint density at radius 3 is 3.15 bits per heavy atom. The third-order valence-electron chi connectivity index (χ3n) is 4.02. The maximum Gasteiger partial charge on any atom is 0.303 e. The number of carboxylic acid groups (broad SMARTS) is 1. The molecule has 0 amide bonds. The van der Waals surface area contributed by atoms with Crippen LogP contribution in [0.2, 0.25) is 0 Å². The molecule has 0 aliphatic heterocycles. The Kier molecular flexibility index (Phi) is 5.83. The molecule has 5 heteroatoms. The van der Waals surface area contributed by atoms with Crippen LogP contribution < -0.4 is 5.32 Å². The van der Waals surface area contributed by atoms with Crippen molar-refractivity contribution in [3.63, 3.8) is 0 Å². The molecule has 1 saturated carbocycles. The molecule has 0 bridgehead atoms. The molecule has 2 rings (SSSR count). The number of rotatable bonds is 7. The third-order valence-corrected chi connectivity index (χ3v) is 4.87. The monoisotopic (exact) mass is 296 g/mol. The lowest BCUT2D eigenvalue weighted by atomic mass is 9.81. The van der Waals surface area contributed by atoms with Gasteiger partial charge in [0.2, 0.25) is 0 Å². The van der Waals surface area contributed by atoms with Crippen LogP contribution in [0.25, 0.3) is 0 Å². The first kappa shape index (κ1) is 15.3. The van der Waals surface area contributed by atoms with Gasteiger partial charge in [-0.1, -0.05) is 26.2 Å². The van der Waals surface area contributed by atoms with Crippen LogP contribution in [-0.2, 0) is 11.2 Å². The Morgan fingerprint density at radius 1 is 1.55 bits per heavy atom. The lowest BCUT2D eigenvalue weighted by molar-refractivity contribution is -0.136. The van der Waals surface area contributed by atoms with E-state index >= 15 is 0 Å². The summed E-state index contributed by atoms with van der Waals surface area (Å²) in [5.74, 6) is 0.979. The molecule has 1 aliphatic carbocycles. The number of aliphatic carboxylic acids is 1. The van der Waals surface area contributed by atoms with E-state index in [9.17, 15) is 4.79 Å². The molecule has 1 heterocycles. The topological polar surface area (TPSA) is 62.2 Å². The van der Waals surface area contributed by atoms with E-state index in [1.165, 1.54) is 32.1 Å². The quantitative estimate of drug-likeness (QED) is 0.803. The normalized spacial score (nSPS) is 22.6. The molecule has 2 unspecified atom stereocenters. The summed E-state index contributed by atoms with van der Waals surface area (Å²) in [7, 11) is 0. The molecule has 1 fully saturated rings. The van der Waals surface area contributed by atoms with Crippen LogP contribution in [0.1, 0.15) is 51.1 Å². The van der Waals surface area contributed by atoms with Gasteiger partial charge >= 0.3 is 5.97 Å². The SMILES string of the molecule is CC1CCCC(CCNc2nc(CCC(=O)O)cs2)C1. The number of aryl methyl sites for hydroxylation is 1. The first-order valence-electron chi connectivity index (χ1n) is 7.53. The first-order valence-corrected chi connectivity index (χ1v) is 8.41. The highest BCUT2D eigenvalue weighted by atomic mass is 32.1. The molecule has 1 aliphatic rings. The van der Waals surface area contributed by atoms with Gasteiger partial charge in [-0.2, -0.15) is 0 Å². The van der Waals surface area contributed by atoms with Gasteiger partial charge in [-0.3, -0.25) is 4.79 Å². The Morgan fingerprint density at radius 2 is 2.40 bits per heavy atom. The fourth-order valence-electron chi connectivity index (χ4n) is 2.94. The zero-order valence-corrected chi connectivity index (χ0v) is 12.9. The second-order valence-corrected chi connectivity index (χ2v) is 6.75. The van der Waals surface area contributed by atoms with E-state index in [1.807, 2.05) is 5.38 Å². The molecule has 20 heavy (non-hydrogen) atoms. The van der Waals surface area contributed by atoms with Crippen molar-refractivity contribution in [2.45, 2.75) is 51.9 Å². The number of aromatic nitrogens is 1. The zero-order chi connectivity index (χ0) is 14.4. The molecule has 0 aromatic carbocycles. The lowest BCUT2D eigenvalue weighted by Gasteiger charge is -2.26. The van der Waals surface area contributed by atoms with E-state index in [0.29, 0.717) is 6.42 Å². The fraction of sp³-hybridized carbons (Fsp3) is 0.733. The van der Waals surface area contributed by atoms with E-state index in [-0.39, 0.29) is 6.42 Å². The van der Waals surface area contributed by atoms with Gasteiger partial charge in [0.25, 0.3) is 0 Å². The van der Waals surface area contributed by atoms with Crippen molar-refractivity contribution in [1.82, 2.24) is 4.98 Å². The van der Waals surface area contributed by atoms with Gasteiger partial charge in [0.15, 0.2) is 5.13 Å². The van der Waals surface area contributed by atoms with Crippen LogP contribution in [0, 0.1) is 11.8 Å². The first-order chi connectivity index (χ1) is 9.63. The van der Waals surface area contributed by atoms with Crippen LogP contribution in [0.5, 0.6) is 0 Å². The van der Waals surface area contributed by atoms with Crippen LogP contribution in [-0.4, -0.2) is 22.6 Å². The number of nitrogens with zero attached hydrogens (tertiary/aromatic N) is 1. The Bertz CT molecular complexity index is 433. The van der Waals surface area contributed by atoms with Crippen molar-refractivity contribution in [2.24, 2.45) is 11.8 Å². The van der Waals surface area contributed by atoms with Crippen molar-refractivity contribution in [3.8, 4) is 0 Å². The van der Waals surface area contributed by atoms with E-state index in [4.69, 9.17) is 5.11 Å². The van der Waals surface area contributed by atoms with E-state index in [2.05, 4.69) is 17.2 Å². The van der Waals surface area contributed by atoms with Crippen molar-refractivity contribution in [1.29, 1.82) is 0 Å². The highest BCUT2D eigenvalue weighted by Gasteiger charge is 2.18. The second kappa shape index (κ2) is 7.62. The van der Waals surface area contributed by atoms with Crippen molar-refractivity contribution in [3.05, 3.63) is 11.1 Å². The number of nitrogens with one attached hydrogen (secondary N) is 1. The molecule has 0 spiro atoms. The Labute approximate surface area is 124 Å². The number of hydrogen-bond acceptors (Lipinski definition) is 4. The predicted molar refractivity (Wildman–Crippen MR) is 82.3 cm³/mol. The molecular weight excluding hydrogens is 272 g/mol. The highest BCUT2D eigenvalue weighted by molar-refractivity contribution is 7.13. The molecule has 1 aromatic rings. The number of carboxylic acids is 1. The van der Waals surface area contributed by atoms with Gasteiger partial charge in [-0.25, -0.2) is 4.98 Å². The van der Waals surface area contributed by atoms with Crippen molar-refractivity contribution >= 4 is 22.4 Å². The summed E-state index contributed by atoms with van der Waals surface area (Å²) < 4.78 is 0. The van der Waals surface area contributed by atoms with Gasteiger partial charge in [0, 0.05) is 18.3 Å². The third kappa shape index (κ3) is 5.12. The van der Waals surface area contributed by atoms with Gasteiger partial charge in [-0.05, 0) is 24.7 Å². The van der Waals surface area contributed by atoms with Crippen LogP contribution in [0.4, 0.5) is 5.13 Å². The average Bonchev–Trinajstić information content (AvgIpc) is 2.84. The molecule has 112 valence electrons. The minimum absolute atomic E-state index is 0.156. The predicted octanol–water partition coefficient (Wildman–Crippen LogP) is 3.79. The maximum atomic E-state index is 10.5. The molecule has 0 saturated heterocycles.